The number of aryl methyl sites for hydroxylation is 1. The molecule has 1 heterocycles. The molecule has 0 aliphatic heterocycles. The molecule has 0 radical (unpaired) electrons. The lowest BCUT2D eigenvalue weighted by atomic mass is 10.2. The summed E-state index contributed by atoms with van der Waals surface area (Å²) >= 11 is 0. The maximum Gasteiger partial charge on any atom is 0.129 e. The summed E-state index contributed by atoms with van der Waals surface area (Å²) in [6, 6.07) is 1.92. The molecule has 17 heavy (non-hydrogen) atoms. The molecule has 1 fully saturated rings. The Labute approximate surface area is 103 Å². The molecule has 2 rings (SSSR count). The standard InChI is InChI=1S/C13H21N3O/c1-10-8-11(14)9-16-13(10)15-6-7-17-12-4-2-3-5-12/h8-9,12H,2-7,14H2,1H3,(H,15,16). The Morgan fingerprint density at radius 2 is 2.24 bits per heavy atom. The van der Waals surface area contributed by atoms with Crippen molar-refractivity contribution < 1.29 is 4.74 Å². The van der Waals surface area contributed by atoms with E-state index in [1.807, 2.05) is 13.0 Å². The van der Waals surface area contributed by atoms with Crippen LogP contribution in [0.4, 0.5) is 11.5 Å². The van der Waals surface area contributed by atoms with E-state index in [1.54, 1.807) is 6.20 Å². The lowest BCUT2D eigenvalue weighted by Crippen LogP contribution is -2.16. The maximum atomic E-state index is 5.77. The molecule has 0 atom stereocenters. The highest BCUT2D eigenvalue weighted by Crippen LogP contribution is 2.20. The predicted molar refractivity (Wildman–Crippen MR) is 70.1 cm³/mol. The molecule has 1 aromatic rings. The number of nitrogens with zero attached hydrogens (tertiary/aromatic N) is 1. The van der Waals surface area contributed by atoms with Crippen molar-refractivity contribution in [1.82, 2.24) is 4.98 Å². The summed E-state index contributed by atoms with van der Waals surface area (Å²) in [5.41, 5.74) is 7.43. The smallest absolute Gasteiger partial charge is 0.129 e. The summed E-state index contributed by atoms with van der Waals surface area (Å²) < 4.78 is 5.77. The first-order valence-corrected chi connectivity index (χ1v) is 6.33. The molecule has 0 amide bonds. The monoisotopic (exact) mass is 235 g/mol. The second-order valence-corrected chi connectivity index (χ2v) is 4.64. The van der Waals surface area contributed by atoms with Crippen molar-refractivity contribution in [3.05, 3.63) is 17.8 Å². The number of nitrogen functional groups attached to an aromatic ring is 1. The average Bonchev–Trinajstić information content (AvgIpc) is 2.79. The van der Waals surface area contributed by atoms with Gasteiger partial charge in [0.15, 0.2) is 0 Å². The maximum absolute atomic E-state index is 5.77. The third kappa shape index (κ3) is 3.60. The van der Waals surface area contributed by atoms with Crippen molar-refractivity contribution >= 4 is 11.5 Å². The number of nitrogens with one attached hydrogen (secondary N) is 1. The number of anilines is 2. The topological polar surface area (TPSA) is 60.2 Å². The molecular formula is C13H21N3O. The van der Waals surface area contributed by atoms with Gasteiger partial charge in [0.25, 0.3) is 0 Å². The van der Waals surface area contributed by atoms with Crippen molar-refractivity contribution in [1.29, 1.82) is 0 Å². The van der Waals surface area contributed by atoms with Gasteiger partial charge in [-0.25, -0.2) is 4.98 Å². The van der Waals surface area contributed by atoms with Crippen LogP contribution in [0.15, 0.2) is 12.3 Å². The van der Waals surface area contributed by atoms with E-state index in [2.05, 4.69) is 10.3 Å². The highest BCUT2D eigenvalue weighted by Gasteiger charge is 2.14. The Hall–Kier alpha value is -1.29. The van der Waals surface area contributed by atoms with Crippen LogP contribution in [0, 0.1) is 6.92 Å². The molecule has 1 aliphatic carbocycles. The molecule has 3 N–H and O–H groups in total. The van der Waals surface area contributed by atoms with Crippen LogP contribution < -0.4 is 11.1 Å². The van der Waals surface area contributed by atoms with Gasteiger partial charge in [-0.05, 0) is 31.4 Å². The molecule has 0 bridgehead atoms. The molecule has 1 aromatic heterocycles. The number of aromatic nitrogens is 1. The van der Waals surface area contributed by atoms with E-state index in [0.29, 0.717) is 11.8 Å². The van der Waals surface area contributed by atoms with Crippen LogP contribution in [0.25, 0.3) is 0 Å². The van der Waals surface area contributed by atoms with Gasteiger partial charge in [-0.3, -0.25) is 0 Å². The fraction of sp³-hybridized carbons (Fsp3) is 0.615. The molecule has 94 valence electrons. The second-order valence-electron chi connectivity index (χ2n) is 4.64. The largest absolute Gasteiger partial charge is 0.397 e. The van der Waals surface area contributed by atoms with Crippen molar-refractivity contribution in [3.8, 4) is 0 Å². The summed E-state index contributed by atoms with van der Waals surface area (Å²) in [6.07, 6.45) is 7.23. The second kappa shape index (κ2) is 5.87. The van der Waals surface area contributed by atoms with Crippen molar-refractivity contribution in [2.24, 2.45) is 0 Å². The summed E-state index contributed by atoms with van der Waals surface area (Å²) in [5, 5.41) is 3.27. The zero-order valence-corrected chi connectivity index (χ0v) is 10.4. The van der Waals surface area contributed by atoms with Gasteiger partial charge in [-0.1, -0.05) is 12.8 Å². The summed E-state index contributed by atoms with van der Waals surface area (Å²) in [4.78, 5) is 4.26. The molecule has 0 saturated heterocycles. The van der Waals surface area contributed by atoms with Crippen LogP contribution in [0.2, 0.25) is 0 Å². The zero-order valence-electron chi connectivity index (χ0n) is 10.4. The van der Waals surface area contributed by atoms with Crippen molar-refractivity contribution in [2.45, 2.75) is 38.7 Å². The van der Waals surface area contributed by atoms with Gasteiger partial charge in [0.05, 0.1) is 24.6 Å². The Balaban J connectivity index is 1.70. The molecule has 1 aliphatic rings. The highest BCUT2D eigenvalue weighted by atomic mass is 16.5. The number of nitrogens with two attached hydrogens (primary N) is 1. The predicted octanol–water partition coefficient (Wildman–Crippen LogP) is 2.34. The van der Waals surface area contributed by atoms with Gasteiger partial charge in [-0.2, -0.15) is 0 Å². The van der Waals surface area contributed by atoms with E-state index >= 15 is 0 Å². The minimum absolute atomic E-state index is 0.484. The van der Waals surface area contributed by atoms with Gasteiger partial charge in [-0.15, -0.1) is 0 Å². The van der Waals surface area contributed by atoms with Gasteiger partial charge in [0.2, 0.25) is 0 Å². The van der Waals surface area contributed by atoms with Crippen molar-refractivity contribution in [2.75, 3.05) is 24.2 Å². The number of pyridine rings is 1. The highest BCUT2D eigenvalue weighted by molar-refractivity contribution is 5.50. The third-order valence-electron chi connectivity index (χ3n) is 3.15. The number of hydrogen-bond acceptors (Lipinski definition) is 4. The number of ether oxygens (including phenoxy) is 1. The lowest BCUT2D eigenvalue weighted by Gasteiger charge is -2.12. The van der Waals surface area contributed by atoms with E-state index in [4.69, 9.17) is 10.5 Å². The first-order valence-electron chi connectivity index (χ1n) is 6.33. The molecule has 1 saturated carbocycles. The van der Waals surface area contributed by atoms with Crippen LogP contribution in [0.3, 0.4) is 0 Å². The number of hydrogen-bond donors (Lipinski definition) is 2. The first kappa shape index (κ1) is 12.2. The van der Waals surface area contributed by atoms with Crippen LogP contribution in [0.1, 0.15) is 31.2 Å². The molecule has 4 nitrogen and oxygen atoms in total. The van der Waals surface area contributed by atoms with E-state index in [1.165, 1.54) is 25.7 Å². The van der Waals surface area contributed by atoms with E-state index < -0.39 is 0 Å². The van der Waals surface area contributed by atoms with Crippen LogP contribution >= 0.6 is 0 Å². The first-order chi connectivity index (χ1) is 8.25. The van der Waals surface area contributed by atoms with E-state index in [0.717, 1.165) is 24.5 Å². The number of rotatable bonds is 5. The fourth-order valence-electron chi connectivity index (χ4n) is 2.23. The summed E-state index contributed by atoms with van der Waals surface area (Å²) in [7, 11) is 0. The van der Waals surface area contributed by atoms with Crippen LogP contribution in [-0.4, -0.2) is 24.2 Å². The normalized spacial score (nSPS) is 16.3. The Morgan fingerprint density at radius 3 is 2.94 bits per heavy atom. The SMILES string of the molecule is Cc1cc(N)cnc1NCCOC1CCCC1. The van der Waals surface area contributed by atoms with E-state index in [9.17, 15) is 0 Å². The Kier molecular flexibility index (Phi) is 4.20. The van der Waals surface area contributed by atoms with Gasteiger partial charge >= 0.3 is 0 Å². The van der Waals surface area contributed by atoms with Gasteiger partial charge < -0.3 is 15.8 Å². The minimum Gasteiger partial charge on any atom is -0.397 e. The Morgan fingerprint density at radius 1 is 1.47 bits per heavy atom. The third-order valence-corrected chi connectivity index (χ3v) is 3.15. The quantitative estimate of drug-likeness (QED) is 0.769. The van der Waals surface area contributed by atoms with Crippen molar-refractivity contribution in [3.63, 3.8) is 0 Å². The van der Waals surface area contributed by atoms with Gasteiger partial charge in [0, 0.05) is 6.54 Å². The zero-order chi connectivity index (χ0) is 12.1. The van der Waals surface area contributed by atoms with Crippen LogP contribution in [-0.2, 0) is 4.74 Å². The lowest BCUT2D eigenvalue weighted by molar-refractivity contribution is 0.0658. The molecule has 4 heteroatoms. The molecular weight excluding hydrogens is 214 g/mol. The van der Waals surface area contributed by atoms with Gasteiger partial charge in [0.1, 0.15) is 5.82 Å². The fourth-order valence-corrected chi connectivity index (χ4v) is 2.23. The summed E-state index contributed by atoms with van der Waals surface area (Å²) in [6.45, 7) is 3.55. The average molecular weight is 235 g/mol. The molecule has 0 aromatic carbocycles. The summed E-state index contributed by atoms with van der Waals surface area (Å²) in [5.74, 6) is 0.897. The Bertz CT molecular complexity index is 362. The van der Waals surface area contributed by atoms with E-state index in [-0.39, 0.29) is 0 Å². The molecule has 0 spiro atoms. The molecule has 0 unspecified atom stereocenters. The minimum atomic E-state index is 0.484. The van der Waals surface area contributed by atoms with Crippen LogP contribution in [0.5, 0.6) is 0 Å².